The minimum absolute atomic E-state index is 0.0722. The number of benzene rings is 2. The number of rotatable bonds is 5. The van der Waals surface area contributed by atoms with Crippen molar-refractivity contribution >= 4 is 28.9 Å². The maximum atomic E-state index is 9.77. The van der Waals surface area contributed by atoms with E-state index in [0.717, 1.165) is 74.4 Å². The Labute approximate surface area is 204 Å². The van der Waals surface area contributed by atoms with Crippen molar-refractivity contribution in [3.63, 3.8) is 0 Å². The molecule has 2 aromatic carbocycles. The predicted octanol–water partition coefficient (Wildman–Crippen LogP) is 5.50. The molecule has 1 aromatic heterocycles. The van der Waals surface area contributed by atoms with Crippen molar-refractivity contribution in [1.29, 1.82) is 0 Å². The molecule has 5 rings (SSSR count). The van der Waals surface area contributed by atoms with Gasteiger partial charge in [0.05, 0.1) is 12.6 Å². The van der Waals surface area contributed by atoms with Gasteiger partial charge in [0, 0.05) is 41.0 Å². The van der Waals surface area contributed by atoms with Crippen molar-refractivity contribution in [3.8, 4) is 11.4 Å². The Kier molecular flexibility index (Phi) is 6.88. The first-order valence-corrected chi connectivity index (χ1v) is 12.4. The van der Waals surface area contributed by atoms with E-state index in [1.807, 2.05) is 16.8 Å². The highest BCUT2D eigenvalue weighted by atomic mass is 35.5. The van der Waals surface area contributed by atoms with Gasteiger partial charge in [0.2, 0.25) is 0 Å². The van der Waals surface area contributed by atoms with Gasteiger partial charge < -0.3 is 14.7 Å². The molecule has 2 fully saturated rings. The molecule has 3 heterocycles. The van der Waals surface area contributed by atoms with Crippen molar-refractivity contribution in [2.75, 3.05) is 24.6 Å². The van der Waals surface area contributed by atoms with Crippen LogP contribution in [0.3, 0.4) is 0 Å². The van der Waals surface area contributed by atoms with Crippen LogP contribution in [0.5, 0.6) is 0 Å². The minimum atomic E-state index is -0.179. The fourth-order valence-electron chi connectivity index (χ4n) is 4.55. The second-order valence-corrected chi connectivity index (χ2v) is 9.65. The number of ether oxygens (including phenoxy) is 1. The second-order valence-electron chi connectivity index (χ2n) is 8.81. The summed E-state index contributed by atoms with van der Waals surface area (Å²) in [5.74, 6) is 1.51. The first-order valence-electron chi connectivity index (χ1n) is 11.6. The van der Waals surface area contributed by atoms with Crippen molar-refractivity contribution < 1.29 is 9.84 Å². The summed E-state index contributed by atoms with van der Waals surface area (Å²) >= 11 is 12.6. The van der Waals surface area contributed by atoms with Gasteiger partial charge >= 0.3 is 0 Å². The van der Waals surface area contributed by atoms with E-state index in [0.29, 0.717) is 22.4 Å². The molecule has 2 saturated heterocycles. The van der Waals surface area contributed by atoms with Gasteiger partial charge in [-0.2, -0.15) is 5.10 Å². The molecule has 2 aliphatic rings. The zero-order valence-corrected chi connectivity index (χ0v) is 20.0. The Bertz CT molecular complexity index is 1090. The lowest BCUT2D eigenvalue weighted by Gasteiger charge is -2.31. The third kappa shape index (κ3) is 5.19. The van der Waals surface area contributed by atoms with Crippen molar-refractivity contribution in [1.82, 2.24) is 14.8 Å². The molecule has 0 radical (unpaired) electrons. The minimum Gasteiger partial charge on any atom is -0.393 e. The first-order chi connectivity index (χ1) is 16.1. The van der Waals surface area contributed by atoms with Crippen LogP contribution in [-0.2, 0) is 11.3 Å². The van der Waals surface area contributed by atoms with Crippen LogP contribution in [0, 0.1) is 0 Å². The Morgan fingerprint density at radius 3 is 2.52 bits per heavy atom. The number of aliphatic hydroxyl groups is 1. The van der Waals surface area contributed by atoms with E-state index in [4.69, 9.17) is 38.0 Å². The number of halogens is 2. The summed E-state index contributed by atoms with van der Waals surface area (Å²) in [6.07, 6.45) is 4.49. The van der Waals surface area contributed by atoms with Crippen molar-refractivity contribution in [2.45, 2.75) is 50.9 Å². The fourth-order valence-corrected chi connectivity index (χ4v) is 4.92. The second kappa shape index (κ2) is 10.0. The van der Waals surface area contributed by atoms with Crippen LogP contribution in [0.4, 0.5) is 5.69 Å². The van der Waals surface area contributed by atoms with Crippen LogP contribution in [0.15, 0.2) is 42.5 Å². The normalized spacial score (nSPS) is 19.7. The molecular formula is C25H28Cl2N4O2. The number of nitrogens with zero attached hydrogens (tertiary/aromatic N) is 4. The molecule has 1 atom stereocenters. The summed E-state index contributed by atoms with van der Waals surface area (Å²) in [4.78, 5) is 7.22. The average Bonchev–Trinajstić information content (AvgIpc) is 3.26. The highest BCUT2D eigenvalue weighted by Crippen LogP contribution is 2.31. The van der Waals surface area contributed by atoms with Crippen LogP contribution in [0.1, 0.15) is 49.6 Å². The van der Waals surface area contributed by atoms with Crippen LogP contribution in [-0.4, -0.2) is 45.7 Å². The molecule has 3 aromatic rings. The van der Waals surface area contributed by atoms with Gasteiger partial charge in [-0.25, -0.2) is 9.67 Å². The van der Waals surface area contributed by atoms with Crippen LogP contribution in [0.25, 0.3) is 11.4 Å². The summed E-state index contributed by atoms with van der Waals surface area (Å²) in [7, 11) is 0. The van der Waals surface area contributed by atoms with Crippen molar-refractivity contribution in [2.24, 2.45) is 0 Å². The molecule has 0 saturated carbocycles. The monoisotopic (exact) mass is 486 g/mol. The molecule has 1 unspecified atom stereocenters. The largest absolute Gasteiger partial charge is 0.393 e. The van der Waals surface area contributed by atoms with Gasteiger partial charge in [0.25, 0.3) is 0 Å². The number of aromatic nitrogens is 3. The summed E-state index contributed by atoms with van der Waals surface area (Å²) < 4.78 is 7.95. The molecule has 6 nitrogen and oxygen atoms in total. The molecule has 0 bridgehead atoms. The molecule has 174 valence electrons. The van der Waals surface area contributed by atoms with Crippen molar-refractivity contribution in [3.05, 3.63) is 63.9 Å². The van der Waals surface area contributed by atoms with E-state index in [1.54, 1.807) is 6.07 Å². The predicted molar refractivity (Wildman–Crippen MR) is 131 cm³/mol. The number of hydrogen-bond donors (Lipinski definition) is 1. The maximum absolute atomic E-state index is 9.77. The standard InChI is InChI=1S/C25H28Cl2N4O2/c26-19-6-9-22(27)18(15-19)16-31-25(23-3-1-2-14-33-23)28-24(29-31)17-4-7-20(8-5-17)30-12-10-21(32)11-13-30/h4-9,15,21,23,32H,1-3,10-14,16H2. The SMILES string of the molecule is OC1CCN(c2ccc(-c3nc(C4CCCCO4)n(Cc4cc(Cl)ccc4Cl)n3)cc2)CC1. The van der Waals surface area contributed by atoms with Gasteiger partial charge in [-0.3, -0.25) is 0 Å². The zero-order valence-electron chi connectivity index (χ0n) is 18.5. The summed E-state index contributed by atoms with van der Waals surface area (Å²) in [5.41, 5.74) is 3.02. The third-order valence-corrected chi connectivity index (χ3v) is 7.05. The first kappa shape index (κ1) is 22.7. The van der Waals surface area contributed by atoms with Gasteiger partial charge in [-0.1, -0.05) is 23.2 Å². The highest BCUT2D eigenvalue weighted by molar-refractivity contribution is 6.33. The quantitative estimate of drug-likeness (QED) is 0.515. The third-order valence-electron chi connectivity index (χ3n) is 6.45. The summed E-state index contributed by atoms with van der Waals surface area (Å²) in [6.45, 7) is 2.97. The Hall–Kier alpha value is -2.12. The van der Waals surface area contributed by atoms with E-state index >= 15 is 0 Å². The van der Waals surface area contributed by atoms with E-state index in [1.165, 1.54) is 0 Å². The van der Waals surface area contributed by atoms with Gasteiger partial charge in [-0.15, -0.1) is 0 Å². The Morgan fingerprint density at radius 2 is 1.79 bits per heavy atom. The van der Waals surface area contributed by atoms with Gasteiger partial charge in [-0.05, 0) is 80.1 Å². The van der Waals surface area contributed by atoms with E-state index < -0.39 is 0 Å². The lowest BCUT2D eigenvalue weighted by atomic mass is 10.1. The van der Waals surface area contributed by atoms with E-state index in [9.17, 15) is 5.11 Å². The molecular weight excluding hydrogens is 459 g/mol. The molecule has 0 spiro atoms. The number of aliphatic hydroxyl groups excluding tert-OH is 1. The number of anilines is 1. The van der Waals surface area contributed by atoms with Crippen LogP contribution < -0.4 is 4.90 Å². The smallest absolute Gasteiger partial charge is 0.181 e. The Balaban J connectivity index is 1.43. The van der Waals surface area contributed by atoms with Crippen LogP contribution in [0.2, 0.25) is 10.0 Å². The number of piperidine rings is 1. The van der Waals surface area contributed by atoms with Gasteiger partial charge in [0.1, 0.15) is 6.10 Å². The lowest BCUT2D eigenvalue weighted by Crippen LogP contribution is -2.35. The number of hydrogen-bond acceptors (Lipinski definition) is 5. The van der Waals surface area contributed by atoms with Crippen LogP contribution >= 0.6 is 23.2 Å². The molecule has 33 heavy (non-hydrogen) atoms. The van der Waals surface area contributed by atoms with E-state index in [2.05, 4.69) is 29.2 Å². The average molecular weight is 487 g/mol. The molecule has 0 aliphatic carbocycles. The summed E-state index contributed by atoms with van der Waals surface area (Å²) in [6, 6.07) is 13.8. The fraction of sp³-hybridized carbons (Fsp3) is 0.440. The highest BCUT2D eigenvalue weighted by Gasteiger charge is 2.25. The molecule has 2 aliphatic heterocycles. The zero-order chi connectivity index (χ0) is 22.8. The topological polar surface area (TPSA) is 63.4 Å². The maximum Gasteiger partial charge on any atom is 0.181 e. The molecule has 0 amide bonds. The molecule has 1 N–H and O–H groups in total. The van der Waals surface area contributed by atoms with E-state index in [-0.39, 0.29) is 12.2 Å². The van der Waals surface area contributed by atoms with Gasteiger partial charge in [0.15, 0.2) is 11.6 Å². The Morgan fingerprint density at radius 1 is 1.00 bits per heavy atom. The molecule has 8 heteroatoms. The summed E-state index contributed by atoms with van der Waals surface area (Å²) in [5, 5.41) is 15.9. The lowest BCUT2D eigenvalue weighted by molar-refractivity contribution is 0.00698.